The summed E-state index contributed by atoms with van der Waals surface area (Å²) < 4.78 is 8.13. The largest absolute Gasteiger partial charge is 0.477 e. The Morgan fingerprint density at radius 1 is 0.893 bits per heavy atom. The van der Waals surface area contributed by atoms with E-state index in [-0.39, 0.29) is 5.69 Å². The molecule has 28 heavy (non-hydrogen) atoms. The highest BCUT2D eigenvalue weighted by atomic mass is 79.9. The van der Waals surface area contributed by atoms with E-state index in [0.29, 0.717) is 17.1 Å². The molecule has 0 aliphatic rings. The van der Waals surface area contributed by atoms with E-state index in [2.05, 4.69) is 21.0 Å². The van der Waals surface area contributed by atoms with Crippen LogP contribution < -0.4 is 4.74 Å². The van der Waals surface area contributed by atoms with E-state index in [0.717, 1.165) is 15.8 Å². The molecule has 0 aliphatic heterocycles. The Morgan fingerprint density at radius 3 is 2.18 bits per heavy atom. The quantitative estimate of drug-likeness (QED) is 0.431. The molecule has 3 aromatic carbocycles. The van der Waals surface area contributed by atoms with Crippen molar-refractivity contribution in [2.24, 2.45) is 0 Å². The van der Waals surface area contributed by atoms with Crippen LogP contribution in [-0.4, -0.2) is 20.9 Å². The van der Waals surface area contributed by atoms with Gasteiger partial charge in [-0.3, -0.25) is 0 Å². The zero-order chi connectivity index (χ0) is 19.5. The van der Waals surface area contributed by atoms with Crippen LogP contribution >= 0.6 is 15.9 Å². The number of benzene rings is 3. The molecule has 0 spiro atoms. The van der Waals surface area contributed by atoms with Gasteiger partial charge in [0.2, 0.25) is 0 Å². The van der Waals surface area contributed by atoms with Crippen molar-refractivity contribution in [3.63, 3.8) is 0 Å². The molecular weight excluding hydrogens is 420 g/mol. The Morgan fingerprint density at radius 2 is 1.54 bits per heavy atom. The molecule has 0 amide bonds. The van der Waals surface area contributed by atoms with Gasteiger partial charge < -0.3 is 9.84 Å². The highest BCUT2D eigenvalue weighted by Crippen LogP contribution is 2.27. The van der Waals surface area contributed by atoms with Gasteiger partial charge in [-0.05, 0) is 66.7 Å². The maximum absolute atomic E-state index is 11.7. The second-order valence-electron chi connectivity index (χ2n) is 6.05. The van der Waals surface area contributed by atoms with Crippen LogP contribution in [-0.2, 0) is 0 Å². The molecule has 0 atom stereocenters. The number of nitrogens with zero attached hydrogens (tertiary/aromatic N) is 2. The topological polar surface area (TPSA) is 64.3 Å². The van der Waals surface area contributed by atoms with E-state index in [4.69, 9.17) is 4.74 Å². The van der Waals surface area contributed by atoms with Gasteiger partial charge in [-0.1, -0.05) is 34.1 Å². The third kappa shape index (κ3) is 3.82. The van der Waals surface area contributed by atoms with Crippen molar-refractivity contribution >= 4 is 21.9 Å². The molecule has 1 aromatic heterocycles. The average molecular weight is 435 g/mol. The van der Waals surface area contributed by atoms with Gasteiger partial charge in [0.05, 0.1) is 11.4 Å². The molecule has 0 fully saturated rings. The molecule has 1 heterocycles. The third-order valence-corrected chi connectivity index (χ3v) is 4.66. The van der Waals surface area contributed by atoms with Crippen LogP contribution in [0.4, 0.5) is 0 Å². The number of carboxylic acid groups (broad SMARTS) is 1. The Bertz CT molecular complexity index is 1100. The molecule has 0 saturated heterocycles. The monoisotopic (exact) mass is 434 g/mol. The summed E-state index contributed by atoms with van der Waals surface area (Å²) in [5.74, 6) is 0.411. The maximum Gasteiger partial charge on any atom is 0.354 e. The molecule has 0 aliphatic carbocycles. The van der Waals surface area contributed by atoms with Crippen molar-refractivity contribution in [2.45, 2.75) is 0 Å². The first-order valence-corrected chi connectivity index (χ1v) is 9.32. The van der Waals surface area contributed by atoms with E-state index in [1.165, 1.54) is 4.68 Å². The van der Waals surface area contributed by atoms with Gasteiger partial charge in [-0.25, -0.2) is 9.48 Å². The molecule has 6 heteroatoms. The fourth-order valence-corrected chi connectivity index (χ4v) is 3.04. The molecule has 4 aromatic rings. The van der Waals surface area contributed by atoms with Gasteiger partial charge in [-0.2, -0.15) is 5.10 Å². The summed E-state index contributed by atoms with van der Waals surface area (Å²) in [4.78, 5) is 11.7. The van der Waals surface area contributed by atoms with Gasteiger partial charge in [0.25, 0.3) is 0 Å². The lowest BCUT2D eigenvalue weighted by atomic mass is 10.1. The molecule has 0 radical (unpaired) electrons. The van der Waals surface area contributed by atoms with Gasteiger partial charge in [0, 0.05) is 10.0 Å². The summed E-state index contributed by atoms with van der Waals surface area (Å²) in [7, 11) is 0. The van der Waals surface area contributed by atoms with E-state index in [9.17, 15) is 9.90 Å². The number of carboxylic acids is 1. The average Bonchev–Trinajstić information content (AvgIpc) is 3.16. The van der Waals surface area contributed by atoms with E-state index in [1.54, 1.807) is 6.07 Å². The van der Waals surface area contributed by atoms with Crippen molar-refractivity contribution in [3.05, 3.63) is 95.1 Å². The van der Waals surface area contributed by atoms with Gasteiger partial charge >= 0.3 is 5.97 Å². The predicted molar refractivity (Wildman–Crippen MR) is 110 cm³/mol. The number of ether oxygens (including phenoxy) is 1. The number of para-hydroxylation sites is 1. The van der Waals surface area contributed by atoms with Crippen molar-refractivity contribution < 1.29 is 14.6 Å². The minimum atomic E-state index is -1.04. The van der Waals surface area contributed by atoms with Crippen LogP contribution in [0.25, 0.3) is 16.9 Å². The van der Waals surface area contributed by atoms with E-state index >= 15 is 0 Å². The third-order valence-electron chi connectivity index (χ3n) is 4.13. The summed E-state index contributed by atoms with van der Waals surface area (Å²) in [6.07, 6.45) is 0. The number of rotatable bonds is 5. The Balaban J connectivity index is 1.64. The number of aromatic nitrogens is 2. The summed E-state index contributed by atoms with van der Waals surface area (Å²) in [6, 6.07) is 25.8. The normalized spacial score (nSPS) is 10.6. The summed E-state index contributed by atoms with van der Waals surface area (Å²) >= 11 is 3.38. The van der Waals surface area contributed by atoms with Crippen LogP contribution in [0.5, 0.6) is 11.5 Å². The fourth-order valence-electron chi connectivity index (χ4n) is 2.77. The van der Waals surface area contributed by atoms with Crippen molar-refractivity contribution in [1.29, 1.82) is 0 Å². The lowest BCUT2D eigenvalue weighted by Gasteiger charge is -2.06. The molecule has 0 saturated carbocycles. The number of carbonyl (C=O) groups is 1. The number of aromatic carboxylic acids is 1. The highest BCUT2D eigenvalue weighted by Gasteiger charge is 2.16. The Kier molecular flexibility index (Phi) is 4.95. The zero-order valence-corrected chi connectivity index (χ0v) is 16.2. The van der Waals surface area contributed by atoms with Crippen molar-refractivity contribution in [3.8, 4) is 28.4 Å². The molecule has 5 nitrogen and oxygen atoms in total. The van der Waals surface area contributed by atoms with Gasteiger partial charge in [-0.15, -0.1) is 0 Å². The first kappa shape index (κ1) is 18.0. The van der Waals surface area contributed by atoms with Crippen LogP contribution in [0.1, 0.15) is 10.5 Å². The molecule has 0 bridgehead atoms. The number of hydrogen-bond acceptors (Lipinski definition) is 3. The Labute approximate surface area is 170 Å². The highest BCUT2D eigenvalue weighted by molar-refractivity contribution is 9.10. The van der Waals surface area contributed by atoms with Crippen molar-refractivity contribution in [2.75, 3.05) is 0 Å². The van der Waals surface area contributed by atoms with Crippen LogP contribution in [0.2, 0.25) is 0 Å². The maximum atomic E-state index is 11.7. The summed E-state index contributed by atoms with van der Waals surface area (Å²) in [5.41, 5.74) is 2.16. The fraction of sp³-hybridized carbons (Fsp3) is 0. The van der Waals surface area contributed by atoms with E-state index in [1.807, 2.05) is 78.9 Å². The Hall–Kier alpha value is -3.38. The van der Waals surface area contributed by atoms with E-state index < -0.39 is 5.97 Å². The predicted octanol–water partition coefficient (Wildman–Crippen LogP) is 5.79. The molecule has 4 rings (SSSR count). The minimum Gasteiger partial charge on any atom is -0.477 e. The smallest absolute Gasteiger partial charge is 0.354 e. The molecule has 1 N–H and O–H groups in total. The number of halogens is 1. The molecular formula is C22H15BrN2O3. The first-order valence-electron chi connectivity index (χ1n) is 8.53. The first-order chi connectivity index (χ1) is 13.6. The van der Waals surface area contributed by atoms with Crippen LogP contribution in [0, 0.1) is 0 Å². The summed E-state index contributed by atoms with van der Waals surface area (Å²) in [6.45, 7) is 0. The zero-order valence-electron chi connectivity index (χ0n) is 14.6. The lowest BCUT2D eigenvalue weighted by Crippen LogP contribution is -2.07. The molecule has 138 valence electrons. The van der Waals surface area contributed by atoms with Crippen LogP contribution in [0.15, 0.2) is 89.4 Å². The van der Waals surface area contributed by atoms with Gasteiger partial charge in [0.15, 0.2) is 5.69 Å². The number of hydrogen-bond donors (Lipinski definition) is 1. The second kappa shape index (κ2) is 7.70. The van der Waals surface area contributed by atoms with Gasteiger partial charge in [0.1, 0.15) is 11.5 Å². The van der Waals surface area contributed by atoms with Crippen LogP contribution in [0.3, 0.4) is 0 Å². The molecule has 0 unspecified atom stereocenters. The lowest BCUT2D eigenvalue weighted by molar-refractivity contribution is 0.0687. The summed E-state index contributed by atoms with van der Waals surface area (Å²) in [5, 5.41) is 14.1. The minimum absolute atomic E-state index is 0.0990. The SMILES string of the molecule is O=C(O)c1cc(-c2ccc(Oc3ccccc3)cc2)nn1-c1ccc(Br)cc1. The van der Waals surface area contributed by atoms with Crippen molar-refractivity contribution in [1.82, 2.24) is 9.78 Å². The standard InChI is InChI=1S/C22H15BrN2O3/c23-16-8-10-17(11-9-16)25-21(22(26)27)14-20(24-25)15-6-12-19(13-7-15)28-18-4-2-1-3-5-18/h1-14H,(H,26,27). The second-order valence-corrected chi connectivity index (χ2v) is 6.96.